The summed E-state index contributed by atoms with van der Waals surface area (Å²) in [6, 6.07) is -0.420. The summed E-state index contributed by atoms with van der Waals surface area (Å²) in [7, 11) is 1.27. The Labute approximate surface area is 104 Å². The fourth-order valence-electron chi connectivity index (χ4n) is 1.34. The second kappa shape index (κ2) is 5.42. The third kappa shape index (κ3) is 2.92. The highest BCUT2D eigenvalue weighted by Gasteiger charge is 2.22. The molecule has 94 valence electrons. The van der Waals surface area contributed by atoms with Crippen molar-refractivity contribution in [2.75, 3.05) is 7.11 Å². The summed E-state index contributed by atoms with van der Waals surface area (Å²) in [6.45, 7) is 0. The van der Waals surface area contributed by atoms with Gasteiger partial charge in [0.15, 0.2) is 11.6 Å². The standard InChI is InChI=1S/C10H10BrF2NO3/c1-17-9-4(2-7(14)10(15)16)8(13)6(12)3-5(9)11/h3,7H,2,14H2,1H3,(H,15,16). The van der Waals surface area contributed by atoms with Crippen molar-refractivity contribution in [3.63, 3.8) is 0 Å². The van der Waals surface area contributed by atoms with Crippen molar-refractivity contribution < 1.29 is 23.4 Å². The van der Waals surface area contributed by atoms with Crippen molar-refractivity contribution in [3.05, 3.63) is 27.7 Å². The molecule has 0 radical (unpaired) electrons. The summed E-state index contributed by atoms with van der Waals surface area (Å²) in [5.74, 6) is -3.50. The molecule has 7 heteroatoms. The van der Waals surface area contributed by atoms with Crippen LogP contribution in [0.4, 0.5) is 8.78 Å². The van der Waals surface area contributed by atoms with E-state index in [-0.39, 0.29) is 22.2 Å². The summed E-state index contributed by atoms with van der Waals surface area (Å²) in [6.07, 6.45) is -0.360. The Morgan fingerprint density at radius 2 is 2.24 bits per heavy atom. The third-order valence-electron chi connectivity index (χ3n) is 2.16. The van der Waals surface area contributed by atoms with Crippen LogP contribution in [0.2, 0.25) is 0 Å². The maximum atomic E-state index is 13.5. The first-order valence-corrected chi connectivity index (χ1v) is 5.36. The second-order valence-corrected chi connectivity index (χ2v) is 4.17. The molecule has 3 N–H and O–H groups in total. The molecule has 0 amide bonds. The molecule has 0 aromatic heterocycles. The molecule has 1 aromatic rings. The van der Waals surface area contributed by atoms with Gasteiger partial charge in [0.2, 0.25) is 0 Å². The van der Waals surface area contributed by atoms with E-state index in [0.29, 0.717) is 0 Å². The Morgan fingerprint density at radius 1 is 1.65 bits per heavy atom. The Hall–Kier alpha value is -1.21. The van der Waals surface area contributed by atoms with Crippen molar-refractivity contribution in [3.8, 4) is 5.75 Å². The van der Waals surface area contributed by atoms with Crippen LogP contribution in [0.5, 0.6) is 5.75 Å². The molecule has 0 saturated carbocycles. The first kappa shape index (κ1) is 13.9. The minimum absolute atomic E-state index is 0.0422. The van der Waals surface area contributed by atoms with Crippen LogP contribution in [0.25, 0.3) is 0 Å². The summed E-state index contributed by atoms with van der Waals surface area (Å²) < 4.78 is 31.8. The largest absolute Gasteiger partial charge is 0.495 e. The number of nitrogens with two attached hydrogens (primary N) is 1. The molecule has 0 bridgehead atoms. The maximum absolute atomic E-state index is 13.5. The van der Waals surface area contributed by atoms with Gasteiger partial charge in [0.1, 0.15) is 11.8 Å². The van der Waals surface area contributed by atoms with E-state index in [1.165, 1.54) is 7.11 Å². The van der Waals surface area contributed by atoms with Crippen molar-refractivity contribution in [2.24, 2.45) is 5.73 Å². The molecule has 0 fully saturated rings. The van der Waals surface area contributed by atoms with Crippen LogP contribution in [0.1, 0.15) is 5.56 Å². The van der Waals surface area contributed by atoms with Gasteiger partial charge in [-0.2, -0.15) is 0 Å². The zero-order valence-corrected chi connectivity index (χ0v) is 10.4. The number of hydrogen-bond acceptors (Lipinski definition) is 3. The average Bonchev–Trinajstić information content (AvgIpc) is 2.25. The van der Waals surface area contributed by atoms with Crippen molar-refractivity contribution in [1.29, 1.82) is 0 Å². The lowest BCUT2D eigenvalue weighted by molar-refractivity contribution is -0.138. The van der Waals surface area contributed by atoms with Crippen LogP contribution in [0.3, 0.4) is 0 Å². The molecule has 0 aliphatic heterocycles. The fraction of sp³-hybridized carbons (Fsp3) is 0.300. The van der Waals surface area contributed by atoms with E-state index in [0.717, 1.165) is 6.07 Å². The summed E-state index contributed by atoms with van der Waals surface area (Å²) >= 11 is 3.00. The zero-order chi connectivity index (χ0) is 13.2. The van der Waals surface area contributed by atoms with Gasteiger partial charge in [-0.3, -0.25) is 4.79 Å². The van der Waals surface area contributed by atoms with Crippen molar-refractivity contribution >= 4 is 21.9 Å². The number of methoxy groups -OCH3 is 1. The summed E-state index contributed by atoms with van der Waals surface area (Å²) in [4.78, 5) is 10.6. The molecule has 1 atom stereocenters. The van der Waals surface area contributed by atoms with Gasteiger partial charge in [0.25, 0.3) is 0 Å². The SMILES string of the molecule is COc1c(Br)cc(F)c(F)c1CC(N)C(=O)O. The number of ether oxygens (including phenoxy) is 1. The van der Waals surface area contributed by atoms with Crippen LogP contribution >= 0.6 is 15.9 Å². The van der Waals surface area contributed by atoms with Gasteiger partial charge in [-0.25, -0.2) is 8.78 Å². The number of carboxylic acid groups (broad SMARTS) is 1. The molecule has 4 nitrogen and oxygen atoms in total. The van der Waals surface area contributed by atoms with E-state index in [4.69, 9.17) is 15.6 Å². The number of hydrogen-bond donors (Lipinski definition) is 2. The molecule has 0 heterocycles. The Balaban J connectivity index is 3.25. The number of carbonyl (C=O) groups is 1. The summed E-state index contributed by atoms with van der Waals surface area (Å²) in [5, 5.41) is 8.64. The van der Waals surface area contributed by atoms with Crippen LogP contribution in [0.15, 0.2) is 10.5 Å². The highest BCUT2D eigenvalue weighted by molar-refractivity contribution is 9.10. The van der Waals surface area contributed by atoms with E-state index in [2.05, 4.69) is 15.9 Å². The molecular formula is C10H10BrF2NO3. The monoisotopic (exact) mass is 309 g/mol. The molecular weight excluding hydrogens is 300 g/mol. The smallest absolute Gasteiger partial charge is 0.320 e. The molecule has 0 aliphatic rings. The summed E-state index contributed by atoms with van der Waals surface area (Å²) in [5.41, 5.74) is 5.08. The molecule has 0 spiro atoms. The maximum Gasteiger partial charge on any atom is 0.320 e. The van der Waals surface area contributed by atoms with Crippen molar-refractivity contribution in [1.82, 2.24) is 0 Å². The minimum atomic E-state index is -1.33. The van der Waals surface area contributed by atoms with Gasteiger partial charge in [-0.05, 0) is 22.0 Å². The molecule has 1 unspecified atom stereocenters. The average molecular weight is 310 g/mol. The lowest BCUT2D eigenvalue weighted by atomic mass is 10.0. The van der Waals surface area contributed by atoms with Crippen LogP contribution < -0.4 is 10.5 Å². The van der Waals surface area contributed by atoms with E-state index in [9.17, 15) is 13.6 Å². The van der Waals surface area contributed by atoms with Gasteiger partial charge in [0.05, 0.1) is 11.6 Å². The highest BCUT2D eigenvalue weighted by atomic mass is 79.9. The van der Waals surface area contributed by atoms with Gasteiger partial charge in [-0.1, -0.05) is 0 Å². The lowest BCUT2D eigenvalue weighted by Gasteiger charge is -2.14. The molecule has 0 aliphatic carbocycles. The first-order valence-electron chi connectivity index (χ1n) is 4.57. The predicted molar refractivity (Wildman–Crippen MR) is 59.9 cm³/mol. The van der Waals surface area contributed by atoms with E-state index >= 15 is 0 Å². The molecule has 17 heavy (non-hydrogen) atoms. The quantitative estimate of drug-likeness (QED) is 0.830. The Morgan fingerprint density at radius 3 is 2.71 bits per heavy atom. The van der Waals surface area contributed by atoms with Crippen LogP contribution in [-0.2, 0) is 11.2 Å². The van der Waals surface area contributed by atoms with Gasteiger partial charge < -0.3 is 15.6 Å². The molecule has 0 saturated heterocycles. The molecule has 1 aromatic carbocycles. The third-order valence-corrected chi connectivity index (χ3v) is 2.75. The number of rotatable bonds is 4. The highest BCUT2D eigenvalue weighted by Crippen LogP contribution is 2.33. The fourth-order valence-corrected chi connectivity index (χ4v) is 1.94. The van der Waals surface area contributed by atoms with Gasteiger partial charge in [0, 0.05) is 12.0 Å². The number of carboxylic acids is 1. The van der Waals surface area contributed by atoms with Gasteiger partial charge >= 0.3 is 5.97 Å². The lowest BCUT2D eigenvalue weighted by Crippen LogP contribution is -2.32. The second-order valence-electron chi connectivity index (χ2n) is 3.31. The Kier molecular flexibility index (Phi) is 4.41. The van der Waals surface area contributed by atoms with Crippen LogP contribution in [-0.4, -0.2) is 24.2 Å². The van der Waals surface area contributed by atoms with E-state index < -0.39 is 23.6 Å². The number of aliphatic carboxylic acids is 1. The molecule has 1 rings (SSSR count). The number of benzene rings is 1. The first-order chi connectivity index (χ1) is 7.88. The van der Waals surface area contributed by atoms with E-state index in [1.54, 1.807) is 0 Å². The topological polar surface area (TPSA) is 72.5 Å². The zero-order valence-electron chi connectivity index (χ0n) is 8.84. The van der Waals surface area contributed by atoms with Crippen LogP contribution in [0, 0.1) is 11.6 Å². The van der Waals surface area contributed by atoms with E-state index in [1.807, 2.05) is 0 Å². The predicted octanol–water partition coefficient (Wildman–Crippen LogP) is 1.69. The normalized spacial score (nSPS) is 12.3. The van der Waals surface area contributed by atoms with Crippen molar-refractivity contribution in [2.45, 2.75) is 12.5 Å². The number of halogens is 3. The Bertz CT molecular complexity index is 454. The minimum Gasteiger partial charge on any atom is -0.495 e. The van der Waals surface area contributed by atoms with Gasteiger partial charge in [-0.15, -0.1) is 0 Å².